The zero-order valence-electron chi connectivity index (χ0n) is 9.85. The molecule has 1 saturated heterocycles. The van der Waals surface area contributed by atoms with Crippen molar-refractivity contribution in [1.82, 2.24) is 0 Å². The van der Waals surface area contributed by atoms with Gasteiger partial charge in [-0.1, -0.05) is 6.92 Å². The molecule has 1 aliphatic rings. The van der Waals surface area contributed by atoms with E-state index in [4.69, 9.17) is 5.73 Å². The Labute approximate surface area is 100 Å². The lowest BCUT2D eigenvalue weighted by atomic mass is 9.93. The predicted molar refractivity (Wildman–Crippen MR) is 66.6 cm³/mol. The minimum absolute atomic E-state index is 0.0594. The van der Waals surface area contributed by atoms with Gasteiger partial charge in [-0.2, -0.15) is 0 Å². The van der Waals surface area contributed by atoms with Crippen molar-refractivity contribution in [2.75, 3.05) is 17.2 Å². The van der Waals surface area contributed by atoms with Gasteiger partial charge in [0.25, 0.3) is 0 Å². The van der Waals surface area contributed by atoms with Crippen LogP contribution in [0.2, 0.25) is 0 Å². The Morgan fingerprint density at radius 3 is 2.53 bits per heavy atom. The Hall–Kier alpha value is -1.84. The van der Waals surface area contributed by atoms with Gasteiger partial charge >= 0.3 is 0 Å². The van der Waals surface area contributed by atoms with E-state index < -0.39 is 5.92 Å². The molecule has 2 N–H and O–H groups in total. The minimum Gasteiger partial charge on any atom is -0.399 e. The van der Waals surface area contributed by atoms with Crippen LogP contribution < -0.4 is 10.6 Å². The number of hydrogen-bond acceptors (Lipinski definition) is 3. The molecule has 2 rings (SSSR count). The molecule has 1 aromatic rings. The molecular weight excluding hydrogens is 216 g/mol. The van der Waals surface area contributed by atoms with Gasteiger partial charge in [-0.15, -0.1) is 0 Å². The molecule has 0 radical (unpaired) electrons. The lowest BCUT2D eigenvalue weighted by Crippen LogP contribution is -2.45. The number of benzene rings is 1. The van der Waals surface area contributed by atoms with Crippen molar-refractivity contribution in [3.8, 4) is 0 Å². The third-order valence-electron chi connectivity index (χ3n) is 3.15. The molecule has 0 saturated carbocycles. The van der Waals surface area contributed by atoms with E-state index in [1.807, 2.05) is 19.1 Å². The number of piperidine rings is 1. The van der Waals surface area contributed by atoms with E-state index in [1.165, 1.54) is 0 Å². The first kappa shape index (κ1) is 11.6. The number of carbonyl (C=O) groups is 2. The number of ketones is 1. The molecule has 1 unspecified atom stereocenters. The average Bonchev–Trinajstić information content (AvgIpc) is 2.31. The fraction of sp³-hybridized carbons (Fsp3) is 0.385. The third-order valence-corrected chi connectivity index (χ3v) is 3.15. The number of nitrogens with zero attached hydrogens (tertiary/aromatic N) is 1. The third kappa shape index (κ3) is 2.16. The maximum Gasteiger partial charge on any atom is 0.237 e. The molecule has 0 bridgehead atoms. The van der Waals surface area contributed by atoms with Crippen LogP contribution in [0.4, 0.5) is 11.4 Å². The van der Waals surface area contributed by atoms with Crippen molar-refractivity contribution in [2.45, 2.75) is 19.8 Å². The van der Waals surface area contributed by atoms with Crippen LogP contribution in [0.3, 0.4) is 0 Å². The van der Waals surface area contributed by atoms with Crippen molar-refractivity contribution in [2.24, 2.45) is 5.92 Å². The fourth-order valence-electron chi connectivity index (χ4n) is 2.15. The summed E-state index contributed by atoms with van der Waals surface area (Å²) in [6, 6.07) is 7.16. The highest BCUT2D eigenvalue weighted by Gasteiger charge is 2.34. The number of amides is 1. The van der Waals surface area contributed by atoms with Gasteiger partial charge in [0.2, 0.25) is 5.91 Å². The van der Waals surface area contributed by atoms with Crippen molar-refractivity contribution in [1.29, 1.82) is 0 Å². The number of hydrogen-bond donors (Lipinski definition) is 1. The first-order valence-corrected chi connectivity index (χ1v) is 5.83. The van der Waals surface area contributed by atoms with E-state index >= 15 is 0 Å². The molecule has 1 aromatic carbocycles. The highest BCUT2D eigenvalue weighted by Crippen LogP contribution is 2.24. The van der Waals surface area contributed by atoms with E-state index in [1.54, 1.807) is 17.0 Å². The number of carbonyl (C=O) groups excluding carboxylic acids is 2. The van der Waals surface area contributed by atoms with Gasteiger partial charge in [0.15, 0.2) is 0 Å². The second kappa shape index (κ2) is 4.57. The average molecular weight is 232 g/mol. The number of Topliss-reactive ketones (excluding diaryl/α,β-unsaturated/α-hetero) is 1. The first-order valence-electron chi connectivity index (χ1n) is 5.83. The second-order valence-corrected chi connectivity index (χ2v) is 4.26. The molecule has 4 nitrogen and oxygen atoms in total. The highest BCUT2D eigenvalue weighted by molar-refractivity contribution is 6.11. The Bertz CT molecular complexity index is 439. The van der Waals surface area contributed by atoms with Gasteiger partial charge in [0.1, 0.15) is 5.78 Å². The van der Waals surface area contributed by atoms with Crippen molar-refractivity contribution < 1.29 is 9.59 Å². The summed E-state index contributed by atoms with van der Waals surface area (Å²) in [6.45, 7) is 2.34. The van der Waals surface area contributed by atoms with Crippen LogP contribution in [0.5, 0.6) is 0 Å². The molecular formula is C13H16N2O2. The van der Waals surface area contributed by atoms with E-state index in [9.17, 15) is 9.59 Å². The monoisotopic (exact) mass is 232 g/mol. The smallest absolute Gasteiger partial charge is 0.237 e. The lowest BCUT2D eigenvalue weighted by molar-refractivity contribution is -0.134. The number of nitrogens with two attached hydrogens (primary N) is 1. The molecule has 0 spiro atoms. The fourth-order valence-corrected chi connectivity index (χ4v) is 2.15. The topological polar surface area (TPSA) is 63.4 Å². The SMILES string of the molecule is CCC1C(=O)CCN(c2ccc(N)cc2)C1=O. The largest absolute Gasteiger partial charge is 0.399 e. The minimum atomic E-state index is -0.471. The Kier molecular flexibility index (Phi) is 3.13. The zero-order valence-corrected chi connectivity index (χ0v) is 9.85. The van der Waals surface area contributed by atoms with Gasteiger partial charge in [-0.05, 0) is 30.7 Å². The molecule has 4 heteroatoms. The maximum absolute atomic E-state index is 12.1. The summed E-state index contributed by atoms with van der Waals surface area (Å²) >= 11 is 0. The molecule has 90 valence electrons. The van der Waals surface area contributed by atoms with Crippen LogP contribution in [-0.4, -0.2) is 18.2 Å². The quantitative estimate of drug-likeness (QED) is 0.622. The molecule has 17 heavy (non-hydrogen) atoms. The summed E-state index contributed by atoms with van der Waals surface area (Å²) in [5, 5.41) is 0. The van der Waals surface area contributed by atoms with Crippen molar-refractivity contribution in [3.05, 3.63) is 24.3 Å². The van der Waals surface area contributed by atoms with Crippen LogP contribution in [0.15, 0.2) is 24.3 Å². The van der Waals surface area contributed by atoms with E-state index in [0.717, 1.165) is 5.69 Å². The summed E-state index contributed by atoms with van der Waals surface area (Å²) in [6.07, 6.45) is 1.01. The second-order valence-electron chi connectivity index (χ2n) is 4.26. The molecule has 1 aliphatic heterocycles. The van der Waals surface area contributed by atoms with E-state index in [0.29, 0.717) is 25.1 Å². The van der Waals surface area contributed by atoms with Gasteiger partial charge in [0.05, 0.1) is 5.92 Å². The normalized spacial score (nSPS) is 20.8. The van der Waals surface area contributed by atoms with Crippen molar-refractivity contribution in [3.63, 3.8) is 0 Å². The maximum atomic E-state index is 12.1. The number of rotatable bonds is 2. The first-order chi connectivity index (χ1) is 8.13. The summed E-state index contributed by atoms with van der Waals surface area (Å²) in [4.78, 5) is 25.4. The van der Waals surface area contributed by atoms with Crippen LogP contribution >= 0.6 is 0 Å². The number of nitrogen functional groups attached to an aromatic ring is 1. The number of anilines is 2. The van der Waals surface area contributed by atoms with E-state index in [-0.39, 0.29) is 11.7 Å². The highest BCUT2D eigenvalue weighted by atomic mass is 16.2. The molecule has 0 aromatic heterocycles. The predicted octanol–water partition coefficient (Wildman–Crippen LogP) is 1.60. The lowest BCUT2D eigenvalue weighted by Gasteiger charge is -2.31. The molecule has 1 amide bonds. The summed E-state index contributed by atoms with van der Waals surface area (Å²) in [5.74, 6) is -0.501. The van der Waals surface area contributed by atoms with Crippen molar-refractivity contribution >= 4 is 23.1 Å². The van der Waals surface area contributed by atoms with E-state index in [2.05, 4.69) is 0 Å². The van der Waals surface area contributed by atoms with Gasteiger partial charge in [0, 0.05) is 24.3 Å². The Balaban J connectivity index is 2.25. The van der Waals surface area contributed by atoms with Gasteiger partial charge in [-0.25, -0.2) is 0 Å². The summed E-state index contributed by atoms with van der Waals surface area (Å²) in [5.41, 5.74) is 7.09. The Morgan fingerprint density at radius 2 is 1.94 bits per heavy atom. The van der Waals surface area contributed by atoms with Crippen LogP contribution in [-0.2, 0) is 9.59 Å². The zero-order chi connectivity index (χ0) is 12.4. The molecule has 1 fully saturated rings. The molecule has 1 atom stereocenters. The van der Waals surface area contributed by atoms with Crippen LogP contribution in [0, 0.1) is 5.92 Å². The van der Waals surface area contributed by atoms with Crippen LogP contribution in [0.25, 0.3) is 0 Å². The van der Waals surface area contributed by atoms with Gasteiger partial charge < -0.3 is 10.6 Å². The molecule has 0 aliphatic carbocycles. The standard InChI is InChI=1S/C13H16N2O2/c1-2-11-12(16)7-8-15(13(11)17)10-5-3-9(14)4-6-10/h3-6,11H,2,7-8,14H2,1H3. The van der Waals surface area contributed by atoms with Crippen LogP contribution in [0.1, 0.15) is 19.8 Å². The summed E-state index contributed by atoms with van der Waals surface area (Å²) < 4.78 is 0. The van der Waals surface area contributed by atoms with Gasteiger partial charge in [-0.3, -0.25) is 9.59 Å². The molecule has 1 heterocycles. The summed E-state index contributed by atoms with van der Waals surface area (Å²) in [7, 11) is 0. The Morgan fingerprint density at radius 1 is 1.29 bits per heavy atom.